The summed E-state index contributed by atoms with van der Waals surface area (Å²) in [6.07, 6.45) is 6.64. The van der Waals surface area contributed by atoms with E-state index in [1.165, 1.54) is 30.7 Å². The molecule has 0 unspecified atom stereocenters. The second-order valence-electron chi connectivity index (χ2n) is 9.58. The standard InChI is InChI=1S/C27H35BrFN3O4S/c1-20(27(34)30-24-7-4-3-5-8-24)31(19-21-10-12-22(28)13-11-21)26(33)9-6-18-32(37(2,35)36)25-16-14-23(29)15-17-25/h10-17,20,24H,3-9,18-19H2,1-2H3,(H,30,34)/t20-/m0/s1. The fraction of sp³-hybridized carbons (Fsp3) is 0.481. The summed E-state index contributed by atoms with van der Waals surface area (Å²) in [6, 6.07) is 12.2. The zero-order valence-electron chi connectivity index (χ0n) is 21.3. The summed E-state index contributed by atoms with van der Waals surface area (Å²) in [5, 5.41) is 3.11. The number of hydrogen-bond donors (Lipinski definition) is 1. The summed E-state index contributed by atoms with van der Waals surface area (Å²) in [4.78, 5) is 28.0. The molecule has 0 radical (unpaired) electrons. The molecular formula is C27H35BrFN3O4S. The zero-order chi connectivity index (χ0) is 27.0. The molecule has 1 fully saturated rings. The average molecular weight is 597 g/mol. The van der Waals surface area contributed by atoms with Crippen molar-refractivity contribution in [1.29, 1.82) is 0 Å². The first-order valence-corrected chi connectivity index (χ1v) is 15.3. The van der Waals surface area contributed by atoms with Crippen LogP contribution in [0.5, 0.6) is 0 Å². The number of benzene rings is 2. The van der Waals surface area contributed by atoms with Crippen molar-refractivity contribution in [2.45, 2.75) is 70.5 Å². The van der Waals surface area contributed by atoms with Crippen molar-refractivity contribution in [3.05, 3.63) is 64.4 Å². The lowest BCUT2D eigenvalue weighted by molar-refractivity contribution is -0.141. The first-order valence-electron chi connectivity index (χ1n) is 12.6. The van der Waals surface area contributed by atoms with E-state index >= 15 is 0 Å². The van der Waals surface area contributed by atoms with Gasteiger partial charge in [0.2, 0.25) is 21.8 Å². The Bertz CT molecular complexity index is 1150. The molecule has 10 heteroatoms. The molecule has 2 aromatic rings. The maximum absolute atomic E-state index is 13.4. The van der Waals surface area contributed by atoms with Crippen LogP contribution in [0.15, 0.2) is 53.0 Å². The van der Waals surface area contributed by atoms with Gasteiger partial charge in [-0.1, -0.05) is 47.3 Å². The van der Waals surface area contributed by atoms with Crippen molar-refractivity contribution in [3.63, 3.8) is 0 Å². The lowest BCUT2D eigenvalue weighted by Crippen LogP contribution is -2.50. The van der Waals surface area contributed by atoms with Gasteiger partial charge >= 0.3 is 0 Å². The Kier molecular flexibility index (Phi) is 10.5. The molecule has 1 aliphatic rings. The second kappa shape index (κ2) is 13.4. The van der Waals surface area contributed by atoms with E-state index in [9.17, 15) is 22.4 Å². The van der Waals surface area contributed by atoms with E-state index in [-0.39, 0.29) is 43.8 Å². The third kappa shape index (κ3) is 8.81. The summed E-state index contributed by atoms with van der Waals surface area (Å²) < 4.78 is 40.1. The Morgan fingerprint density at radius 3 is 2.27 bits per heavy atom. The third-order valence-corrected chi connectivity index (χ3v) is 8.37. The van der Waals surface area contributed by atoms with Crippen LogP contribution in [0.1, 0.15) is 57.4 Å². The highest BCUT2D eigenvalue weighted by Crippen LogP contribution is 2.21. The maximum atomic E-state index is 13.4. The number of carbonyl (C=O) groups is 2. The van der Waals surface area contributed by atoms with Gasteiger partial charge in [0.05, 0.1) is 11.9 Å². The predicted molar refractivity (Wildman–Crippen MR) is 147 cm³/mol. The highest BCUT2D eigenvalue weighted by atomic mass is 79.9. The molecule has 0 saturated heterocycles. The number of rotatable bonds is 11. The summed E-state index contributed by atoms with van der Waals surface area (Å²) in [5.74, 6) is -0.875. The van der Waals surface area contributed by atoms with Gasteiger partial charge in [-0.3, -0.25) is 13.9 Å². The molecule has 0 spiro atoms. The molecule has 2 aromatic carbocycles. The highest BCUT2D eigenvalue weighted by molar-refractivity contribution is 9.10. The summed E-state index contributed by atoms with van der Waals surface area (Å²) in [7, 11) is -3.63. The van der Waals surface area contributed by atoms with Gasteiger partial charge in [0.15, 0.2) is 0 Å². The molecule has 1 atom stereocenters. The minimum atomic E-state index is -3.63. The van der Waals surface area contributed by atoms with E-state index in [4.69, 9.17) is 0 Å². The third-order valence-electron chi connectivity index (χ3n) is 6.65. The van der Waals surface area contributed by atoms with Crippen molar-refractivity contribution < 1.29 is 22.4 Å². The van der Waals surface area contributed by atoms with Crippen molar-refractivity contribution in [2.24, 2.45) is 0 Å². The van der Waals surface area contributed by atoms with Gasteiger partial charge in [0.1, 0.15) is 11.9 Å². The molecule has 2 amide bonds. The molecule has 0 heterocycles. The van der Waals surface area contributed by atoms with E-state index < -0.39 is 21.9 Å². The molecular weight excluding hydrogens is 561 g/mol. The van der Waals surface area contributed by atoms with Crippen LogP contribution in [-0.4, -0.2) is 50.0 Å². The Morgan fingerprint density at radius 1 is 1.05 bits per heavy atom. The van der Waals surface area contributed by atoms with Gasteiger partial charge in [0, 0.05) is 30.0 Å². The number of carbonyl (C=O) groups excluding carboxylic acids is 2. The van der Waals surface area contributed by atoms with Crippen LogP contribution in [0.25, 0.3) is 0 Å². The summed E-state index contributed by atoms with van der Waals surface area (Å²) >= 11 is 3.42. The Morgan fingerprint density at radius 2 is 1.68 bits per heavy atom. The molecule has 202 valence electrons. The summed E-state index contributed by atoms with van der Waals surface area (Å²) in [6.45, 7) is 2.06. The number of sulfonamides is 1. The van der Waals surface area contributed by atoms with E-state index in [2.05, 4.69) is 21.2 Å². The molecule has 0 aromatic heterocycles. The first-order chi connectivity index (χ1) is 17.5. The average Bonchev–Trinajstić information content (AvgIpc) is 2.86. The minimum absolute atomic E-state index is 0.0603. The van der Waals surface area contributed by atoms with Gasteiger partial charge in [-0.05, 0) is 68.1 Å². The Labute approximate surface area is 227 Å². The van der Waals surface area contributed by atoms with Crippen LogP contribution >= 0.6 is 15.9 Å². The van der Waals surface area contributed by atoms with Gasteiger partial charge in [-0.2, -0.15) is 0 Å². The monoisotopic (exact) mass is 595 g/mol. The van der Waals surface area contributed by atoms with Gasteiger partial charge in [-0.25, -0.2) is 12.8 Å². The number of nitrogens with one attached hydrogen (secondary N) is 1. The number of amides is 2. The van der Waals surface area contributed by atoms with Crippen LogP contribution in [0.2, 0.25) is 0 Å². The quantitative estimate of drug-likeness (QED) is 0.396. The highest BCUT2D eigenvalue weighted by Gasteiger charge is 2.28. The Balaban J connectivity index is 1.70. The first kappa shape index (κ1) is 29.1. The summed E-state index contributed by atoms with van der Waals surface area (Å²) in [5.41, 5.74) is 1.22. The largest absolute Gasteiger partial charge is 0.352 e. The molecule has 7 nitrogen and oxygen atoms in total. The minimum Gasteiger partial charge on any atom is -0.352 e. The lowest BCUT2D eigenvalue weighted by atomic mass is 9.95. The van der Waals surface area contributed by atoms with E-state index in [0.717, 1.165) is 46.3 Å². The number of nitrogens with zero attached hydrogens (tertiary/aromatic N) is 2. The van der Waals surface area contributed by atoms with Gasteiger partial charge in [0.25, 0.3) is 0 Å². The molecule has 0 bridgehead atoms. The van der Waals surface area contributed by atoms with Crippen molar-refractivity contribution in [1.82, 2.24) is 10.2 Å². The van der Waals surface area contributed by atoms with Crippen LogP contribution in [-0.2, 0) is 26.2 Å². The molecule has 1 saturated carbocycles. The van der Waals surface area contributed by atoms with Gasteiger partial charge in [-0.15, -0.1) is 0 Å². The van der Waals surface area contributed by atoms with E-state index in [0.29, 0.717) is 5.69 Å². The number of hydrogen-bond acceptors (Lipinski definition) is 4. The van der Waals surface area contributed by atoms with Crippen LogP contribution < -0.4 is 9.62 Å². The van der Waals surface area contributed by atoms with E-state index in [1.807, 2.05) is 24.3 Å². The molecule has 37 heavy (non-hydrogen) atoms. The number of anilines is 1. The van der Waals surface area contributed by atoms with Crippen LogP contribution in [0.3, 0.4) is 0 Å². The molecule has 1 aliphatic carbocycles. The van der Waals surface area contributed by atoms with Crippen LogP contribution in [0.4, 0.5) is 10.1 Å². The number of halogens is 2. The lowest BCUT2D eigenvalue weighted by Gasteiger charge is -2.31. The van der Waals surface area contributed by atoms with Crippen molar-refractivity contribution in [3.8, 4) is 0 Å². The Hall–Kier alpha value is -2.46. The fourth-order valence-electron chi connectivity index (χ4n) is 4.55. The molecule has 0 aliphatic heterocycles. The SMILES string of the molecule is C[C@@H](C(=O)NC1CCCCC1)N(Cc1ccc(Br)cc1)C(=O)CCCN(c1ccc(F)cc1)S(C)(=O)=O. The molecule has 1 N–H and O–H groups in total. The smallest absolute Gasteiger partial charge is 0.242 e. The predicted octanol–water partition coefficient (Wildman–Crippen LogP) is 5.00. The maximum Gasteiger partial charge on any atom is 0.242 e. The molecule has 3 rings (SSSR count). The fourth-order valence-corrected chi connectivity index (χ4v) is 5.78. The topological polar surface area (TPSA) is 86.8 Å². The van der Waals surface area contributed by atoms with Crippen molar-refractivity contribution in [2.75, 3.05) is 17.1 Å². The van der Waals surface area contributed by atoms with Gasteiger partial charge < -0.3 is 10.2 Å². The van der Waals surface area contributed by atoms with Crippen LogP contribution in [0, 0.1) is 5.82 Å². The van der Waals surface area contributed by atoms with E-state index in [1.54, 1.807) is 11.8 Å². The zero-order valence-corrected chi connectivity index (χ0v) is 23.7. The normalized spacial score (nSPS) is 15.1. The second-order valence-corrected chi connectivity index (χ2v) is 12.4. The van der Waals surface area contributed by atoms with Crippen molar-refractivity contribution >= 4 is 43.5 Å².